The number of ether oxygens (including phenoxy) is 2. The van der Waals surface area contributed by atoms with Crippen molar-refractivity contribution in [2.24, 2.45) is 0 Å². The second-order valence-corrected chi connectivity index (χ2v) is 4.41. The molecule has 2 heterocycles. The minimum Gasteiger partial charge on any atom is -0.376 e. The van der Waals surface area contributed by atoms with Crippen molar-refractivity contribution < 1.29 is 9.47 Å². The summed E-state index contributed by atoms with van der Waals surface area (Å²) >= 11 is 0. The summed E-state index contributed by atoms with van der Waals surface area (Å²) < 4.78 is 10.9. The Bertz CT molecular complexity index is 450. The van der Waals surface area contributed by atoms with Gasteiger partial charge < -0.3 is 14.5 Å². The molecule has 0 bridgehead atoms. The van der Waals surface area contributed by atoms with Gasteiger partial charge in [0.15, 0.2) is 0 Å². The second-order valence-electron chi connectivity index (χ2n) is 4.41. The molecule has 1 N–H and O–H groups in total. The predicted octanol–water partition coefficient (Wildman–Crippen LogP) is 1.72. The zero-order chi connectivity index (χ0) is 13.0. The smallest absolute Gasteiger partial charge is 0.256 e. The lowest BCUT2D eigenvalue weighted by Crippen LogP contribution is -2.26. The van der Waals surface area contributed by atoms with Crippen molar-refractivity contribution in [3.05, 3.63) is 27.4 Å². The van der Waals surface area contributed by atoms with E-state index in [1.54, 1.807) is 0 Å². The van der Waals surface area contributed by atoms with Crippen LogP contribution in [0, 0.1) is 0 Å². The normalized spacial score (nSPS) is 16.3. The highest BCUT2D eigenvalue weighted by Gasteiger charge is 2.20. The summed E-state index contributed by atoms with van der Waals surface area (Å²) in [6.45, 7) is 5.67. The summed E-state index contributed by atoms with van der Waals surface area (Å²) in [6.07, 6.45) is 2.46. The van der Waals surface area contributed by atoms with Gasteiger partial charge in [-0.15, -0.1) is 0 Å². The van der Waals surface area contributed by atoms with Crippen LogP contribution in [0.5, 0.6) is 0 Å². The first kappa shape index (κ1) is 13.2. The van der Waals surface area contributed by atoms with Crippen LogP contribution >= 0.6 is 0 Å². The van der Waals surface area contributed by atoms with Gasteiger partial charge in [0.1, 0.15) is 11.9 Å². The highest BCUT2D eigenvalue weighted by Crippen LogP contribution is 2.20. The maximum atomic E-state index is 12.0. The van der Waals surface area contributed by atoms with Gasteiger partial charge in [0.05, 0.1) is 24.5 Å². The fraction of sp³-hybridized carbons (Fsp3) is 0.692. The van der Waals surface area contributed by atoms with Crippen LogP contribution in [-0.2, 0) is 22.5 Å². The molecule has 1 aromatic heterocycles. The Labute approximate surface area is 107 Å². The lowest BCUT2D eigenvalue weighted by atomic mass is 10.1. The van der Waals surface area contributed by atoms with Crippen LogP contribution in [0.3, 0.4) is 0 Å². The maximum Gasteiger partial charge on any atom is 0.256 e. The number of aromatic nitrogens is 2. The average Bonchev–Trinajstić information content (AvgIpc) is 2.38. The average molecular weight is 252 g/mol. The first-order chi connectivity index (χ1) is 8.76. The highest BCUT2D eigenvalue weighted by molar-refractivity contribution is 5.19. The van der Waals surface area contributed by atoms with Crippen molar-refractivity contribution in [1.29, 1.82) is 0 Å². The quantitative estimate of drug-likeness (QED) is 0.866. The van der Waals surface area contributed by atoms with Gasteiger partial charge in [-0.2, -0.15) is 0 Å². The molecule has 0 saturated heterocycles. The minimum atomic E-state index is -0.110. The van der Waals surface area contributed by atoms with E-state index < -0.39 is 0 Å². The molecular formula is C13H20N2O3. The van der Waals surface area contributed by atoms with Gasteiger partial charge >= 0.3 is 0 Å². The van der Waals surface area contributed by atoms with Gasteiger partial charge in [-0.05, 0) is 13.3 Å². The Hall–Kier alpha value is -1.20. The van der Waals surface area contributed by atoms with Crippen molar-refractivity contribution in [2.45, 2.75) is 45.8 Å². The molecule has 1 aliphatic rings. The monoisotopic (exact) mass is 252 g/mol. The van der Waals surface area contributed by atoms with Crippen molar-refractivity contribution >= 4 is 0 Å². The van der Waals surface area contributed by atoms with Crippen LogP contribution in [0.2, 0.25) is 0 Å². The van der Waals surface area contributed by atoms with Crippen LogP contribution in [-0.4, -0.2) is 23.2 Å². The SMILES string of the molecule is CCCC(OCC)c1nc2c(c(=O)[nH]1)COCC2. The molecule has 5 nitrogen and oxygen atoms in total. The van der Waals surface area contributed by atoms with Gasteiger partial charge in [-0.3, -0.25) is 4.79 Å². The number of aromatic amines is 1. The number of H-pyrrole nitrogens is 1. The Morgan fingerprint density at radius 1 is 1.50 bits per heavy atom. The predicted molar refractivity (Wildman–Crippen MR) is 67.5 cm³/mol. The van der Waals surface area contributed by atoms with Crippen LogP contribution < -0.4 is 5.56 Å². The summed E-state index contributed by atoms with van der Waals surface area (Å²) in [5.41, 5.74) is 1.44. The van der Waals surface area contributed by atoms with E-state index in [2.05, 4.69) is 16.9 Å². The summed E-state index contributed by atoms with van der Waals surface area (Å²) in [5, 5.41) is 0. The molecule has 0 radical (unpaired) electrons. The third-order valence-corrected chi connectivity index (χ3v) is 3.07. The third kappa shape index (κ3) is 2.79. The number of hydrogen-bond acceptors (Lipinski definition) is 4. The third-order valence-electron chi connectivity index (χ3n) is 3.07. The molecule has 0 aliphatic carbocycles. The molecule has 1 atom stereocenters. The Balaban J connectivity index is 2.32. The van der Waals surface area contributed by atoms with Crippen LogP contribution in [0.15, 0.2) is 4.79 Å². The zero-order valence-electron chi connectivity index (χ0n) is 11.0. The largest absolute Gasteiger partial charge is 0.376 e. The van der Waals surface area contributed by atoms with E-state index >= 15 is 0 Å². The molecule has 0 spiro atoms. The minimum absolute atomic E-state index is 0.0875. The van der Waals surface area contributed by atoms with Gasteiger partial charge in [-0.25, -0.2) is 4.98 Å². The van der Waals surface area contributed by atoms with Gasteiger partial charge in [0.25, 0.3) is 5.56 Å². The highest BCUT2D eigenvalue weighted by atomic mass is 16.5. The van der Waals surface area contributed by atoms with E-state index in [0.717, 1.165) is 18.5 Å². The van der Waals surface area contributed by atoms with Crippen molar-refractivity contribution in [3.8, 4) is 0 Å². The van der Waals surface area contributed by atoms with Crippen molar-refractivity contribution in [3.63, 3.8) is 0 Å². The Morgan fingerprint density at radius 2 is 2.33 bits per heavy atom. The number of nitrogens with one attached hydrogen (secondary N) is 1. The number of nitrogens with zero attached hydrogens (tertiary/aromatic N) is 1. The van der Waals surface area contributed by atoms with E-state index in [4.69, 9.17) is 9.47 Å². The zero-order valence-corrected chi connectivity index (χ0v) is 11.0. The van der Waals surface area contributed by atoms with Crippen molar-refractivity contribution in [1.82, 2.24) is 9.97 Å². The summed E-state index contributed by atoms with van der Waals surface area (Å²) in [7, 11) is 0. The summed E-state index contributed by atoms with van der Waals surface area (Å²) in [6, 6.07) is 0. The number of hydrogen-bond donors (Lipinski definition) is 1. The van der Waals surface area contributed by atoms with Gasteiger partial charge in [0.2, 0.25) is 0 Å². The van der Waals surface area contributed by atoms with Crippen molar-refractivity contribution in [2.75, 3.05) is 13.2 Å². The lowest BCUT2D eigenvalue weighted by molar-refractivity contribution is 0.0481. The van der Waals surface area contributed by atoms with Gasteiger partial charge in [-0.1, -0.05) is 13.3 Å². The van der Waals surface area contributed by atoms with E-state index in [1.807, 2.05) is 6.92 Å². The molecule has 1 aromatic rings. The molecule has 2 rings (SSSR count). The standard InChI is InChI=1S/C13H20N2O3/c1-3-5-11(18-4-2)12-14-10-6-7-17-8-9(10)13(16)15-12/h11H,3-8H2,1-2H3,(H,14,15,16). The first-order valence-electron chi connectivity index (χ1n) is 6.57. The molecule has 0 amide bonds. The van der Waals surface area contributed by atoms with E-state index in [9.17, 15) is 4.79 Å². The molecular weight excluding hydrogens is 232 g/mol. The summed E-state index contributed by atoms with van der Waals surface area (Å²) in [4.78, 5) is 19.4. The Kier molecular flexibility index (Phi) is 4.49. The molecule has 0 saturated carbocycles. The molecule has 1 aliphatic heterocycles. The molecule has 0 aromatic carbocycles. The topological polar surface area (TPSA) is 64.2 Å². The molecule has 1 unspecified atom stereocenters. The Morgan fingerprint density at radius 3 is 3.06 bits per heavy atom. The second kappa shape index (κ2) is 6.11. The van der Waals surface area contributed by atoms with Crippen LogP contribution in [0.4, 0.5) is 0 Å². The molecule has 100 valence electrons. The molecule has 18 heavy (non-hydrogen) atoms. The first-order valence-corrected chi connectivity index (χ1v) is 6.57. The van der Waals surface area contributed by atoms with Crippen LogP contribution in [0.25, 0.3) is 0 Å². The fourth-order valence-corrected chi connectivity index (χ4v) is 2.18. The van der Waals surface area contributed by atoms with E-state index in [0.29, 0.717) is 37.6 Å². The maximum absolute atomic E-state index is 12.0. The fourth-order valence-electron chi connectivity index (χ4n) is 2.18. The van der Waals surface area contributed by atoms with E-state index in [-0.39, 0.29) is 11.7 Å². The van der Waals surface area contributed by atoms with Gasteiger partial charge in [0, 0.05) is 13.0 Å². The number of fused-ring (bicyclic) bond motifs is 1. The summed E-state index contributed by atoms with van der Waals surface area (Å²) in [5.74, 6) is 0.657. The molecule has 0 fully saturated rings. The lowest BCUT2D eigenvalue weighted by Gasteiger charge is -2.19. The number of rotatable bonds is 5. The van der Waals surface area contributed by atoms with Crippen LogP contribution in [0.1, 0.15) is 49.9 Å². The molecule has 5 heteroatoms. The van der Waals surface area contributed by atoms with E-state index in [1.165, 1.54) is 0 Å².